The zero-order chi connectivity index (χ0) is 24.3. The van der Waals surface area contributed by atoms with Gasteiger partial charge in [-0.1, -0.05) is 6.92 Å². The molecule has 0 radical (unpaired) electrons. The Balaban J connectivity index is 1.52. The van der Waals surface area contributed by atoms with E-state index in [1.54, 1.807) is 0 Å². The van der Waals surface area contributed by atoms with Gasteiger partial charge in [-0.05, 0) is 63.7 Å². The Labute approximate surface area is 204 Å². The molecular weight excluding hydrogens is 450 g/mol. The van der Waals surface area contributed by atoms with Gasteiger partial charge in [0.25, 0.3) is 0 Å². The van der Waals surface area contributed by atoms with E-state index >= 15 is 0 Å². The van der Waals surface area contributed by atoms with Crippen molar-refractivity contribution in [3.05, 3.63) is 42.1 Å². The first-order chi connectivity index (χ1) is 16.2. The van der Waals surface area contributed by atoms with Crippen molar-refractivity contribution >= 4 is 40.8 Å². The molecule has 1 fully saturated rings. The lowest BCUT2D eigenvalue weighted by Gasteiger charge is -2.42. The Bertz CT molecular complexity index is 1130. The van der Waals surface area contributed by atoms with Crippen LogP contribution in [0, 0.1) is 6.92 Å². The van der Waals surface area contributed by atoms with Gasteiger partial charge in [-0.25, -0.2) is 9.97 Å². The van der Waals surface area contributed by atoms with Crippen LogP contribution in [0.5, 0.6) is 0 Å². The maximum atomic E-state index is 11.6. The summed E-state index contributed by atoms with van der Waals surface area (Å²) in [6.45, 7) is 11.6. The lowest BCUT2D eigenvalue weighted by Crippen LogP contribution is -2.54. The third kappa shape index (κ3) is 6.48. The number of anilines is 4. The van der Waals surface area contributed by atoms with Crippen LogP contribution >= 0.6 is 11.8 Å². The van der Waals surface area contributed by atoms with Gasteiger partial charge in [0.15, 0.2) is 11.0 Å². The Morgan fingerprint density at radius 2 is 1.91 bits per heavy atom. The van der Waals surface area contributed by atoms with Crippen LogP contribution in [-0.2, 0) is 9.53 Å². The number of nitrogens with zero attached hydrogens (tertiary/aromatic N) is 4. The molecule has 2 aromatic heterocycles. The topological polar surface area (TPSA) is 108 Å². The molecule has 1 aliphatic rings. The predicted octanol–water partition coefficient (Wildman–Crippen LogP) is 4.76. The molecule has 0 aliphatic carbocycles. The summed E-state index contributed by atoms with van der Waals surface area (Å²) in [5, 5.41) is 13.9. The zero-order valence-corrected chi connectivity index (χ0v) is 21.0. The molecule has 1 aliphatic heterocycles. The second kappa shape index (κ2) is 10.0. The highest BCUT2D eigenvalue weighted by molar-refractivity contribution is 7.99. The highest BCUT2D eigenvalue weighted by Gasteiger charge is 2.32. The van der Waals surface area contributed by atoms with Gasteiger partial charge >= 0.3 is 0 Å². The largest absolute Gasteiger partial charge is 0.369 e. The first-order valence-corrected chi connectivity index (χ1v) is 12.2. The van der Waals surface area contributed by atoms with Gasteiger partial charge in [-0.2, -0.15) is 5.10 Å². The van der Waals surface area contributed by atoms with Crippen LogP contribution in [0.2, 0.25) is 0 Å². The van der Waals surface area contributed by atoms with Gasteiger partial charge in [0.05, 0.1) is 11.7 Å². The van der Waals surface area contributed by atoms with Gasteiger partial charge in [-0.15, -0.1) is 0 Å². The van der Waals surface area contributed by atoms with Crippen molar-refractivity contribution in [2.45, 2.75) is 62.8 Å². The number of aromatic amines is 1. The van der Waals surface area contributed by atoms with Crippen LogP contribution in [0.1, 0.15) is 39.8 Å². The van der Waals surface area contributed by atoms with Crippen LogP contribution in [0.4, 0.5) is 23.1 Å². The number of hydrogen-bond donors (Lipinski definition) is 3. The van der Waals surface area contributed by atoms with Crippen molar-refractivity contribution in [3.8, 4) is 0 Å². The van der Waals surface area contributed by atoms with Crippen molar-refractivity contribution in [1.29, 1.82) is 0 Å². The lowest BCUT2D eigenvalue weighted by molar-refractivity contribution is -0.115. The van der Waals surface area contributed by atoms with E-state index in [4.69, 9.17) is 14.7 Å². The second-order valence-electron chi connectivity index (χ2n) is 9.24. The van der Waals surface area contributed by atoms with Gasteiger partial charge in [0.1, 0.15) is 11.6 Å². The van der Waals surface area contributed by atoms with Gasteiger partial charge in [0.2, 0.25) is 5.91 Å². The Kier molecular flexibility index (Phi) is 7.08. The first kappa shape index (κ1) is 24.0. The molecule has 3 N–H and O–H groups in total. The Morgan fingerprint density at radius 1 is 1.18 bits per heavy atom. The van der Waals surface area contributed by atoms with Crippen LogP contribution in [0.25, 0.3) is 0 Å². The van der Waals surface area contributed by atoms with Crippen LogP contribution in [0.3, 0.4) is 0 Å². The molecule has 0 atom stereocenters. The van der Waals surface area contributed by atoms with E-state index in [2.05, 4.69) is 46.5 Å². The number of nitrogens with one attached hydrogen (secondary N) is 3. The molecule has 34 heavy (non-hydrogen) atoms. The summed E-state index contributed by atoms with van der Waals surface area (Å²) in [6.07, 6.45) is 0.628. The molecule has 3 aromatic rings. The van der Waals surface area contributed by atoms with Crippen molar-refractivity contribution in [1.82, 2.24) is 20.2 Å². The molecular formula is C24H31N7O2S. The summed E-state index contributed by atoms with van der Waals surface area (Å²) in [4.78, 5) is 24.3. The summed E-state index contributed by atoms with van der Waals surface area (Å²) >= 11 is 1.47. The summed E-state index contributed by atoms with van der Waals surface area (Å²) in [5.41, 5.74) is 1.57. The highest BCUT2D eigenvalue weighted by Crippen LogP contribution is 2.32. The Morgan fingerprint density at radius 3 is 2.53 bits per heavy atom. The van der Waals surface area contributed by atoms with E-state index in [1.807, 2.05) is 50.2 Å². The second-order valence-corrected chi connectivity index (χ2v) is 10.3. The minimum atomic E-state index is -0.170. The molecule has 1 amide bonds. The number of hydrogen-bond acceptors (Lipinski definition) is 8. The number of benzene rings is 1. The fourth-order valence-corrected chi connectivity index (χ4v) is 4.22. The number of amides is 1. The molecule has 0 spiro atoms. The molecule has 1 saturated heterocycles. The zero-order valence-electron chi connectivity index (χ0n) is 20.2. The highest BCUT2D eigenvalue weighted by atomic mass is 32.2. The number of carbonyl (C=O) groups is 1. The number of carbonyl (C=O) groups excluding carboxylic acids is 1. The van der Waals surface area contributed by atoms with Crippen LogP contribution in [-0.4, -0.2) is 50.9 Å². The molecule has 3 heterocycles. The van der Waals surface area contributed by atoms with Crippen molar-refractivity contribution in [2.24, 2.45) is 0 Å². The number of aryl methyl sites for hydroxylation is 1. The fraction of sp³-hybridized carbons (Fsp3) is 0.417. The Hall–Kier alpha value is -3.11. The third-order valence-electron chi connectivity index (χ3n) is 5.01. The van der Waals surface area contributed by atoms with E-state index in [0.717, 1.165) is 35.2 Å². The molecule has 180 valence electrons. The summed E-state index contributed by atoms with van der Waals surface area (Å²) in [6, 6.07) is 11.5. The number of H-pyrrole nitrogens is 1. The number of aromatic nitrogens is 4. The maximum absolute atomic E-state index is 11.6. The SMILES string of the molecule is CCC(=O)Nc1ccc(Sc2nc(Nc3cc(C)[nH]n3)cc(N3CC(OC(C)(C)C)C3)n2)cc1. The van der Waals surface area contributed by atoms with Gasteiger partial charge in [0, 0.05) is 47.9 Å². The van der Waals surface area contributed by atoms with Crippen molar-refractivity contribution in [3.63, 3.8) is 0 Å². The number of ether oxygens (including phenoxy) is 1. The fourth-order valence-electron chi connectivity index (χ4n) is 3.46. The minimum Gasteiger partial charge on any atom is -0.369 e. The maximum Gasteiger partial charge on any atom is 0.224 e. The third-order valence-corrected chi connectivity index (χ3v) is 5.89. The molecule has 0 unspecified atom stereocenters. The normalized spacial score (nSPS) is 14.1. The van der Waals surface area contributed by atoms with E-state index < -0.39 is 0 Å². The average Bonchev–Trinajstić information content (AvgIpc) is 3.15. The lowest BCUT2D eigenvalue weighted by atomic mass is 10.1. The summed E-state index contributed by atoms with van der Waals surface area (Å²) in [5.74, 6) is 2.20. The van der Waals surface area contributed by atoms with Crippen LogP contribution < -0.4 is 15.5 Å². The van der Waals surface area contributed by atoms with E-state index in [9.17, 15) is 4.79 Å². The molecule has 4 rings (SSSR count). The first-order valence-electron chi connectivity index (χ1n) is 11.4. The molecule has 10 heteroatoms. The predicted molar refractivity (Wildman–Crippen MR) is 135 cm³/mol. The number of rotatable bonds is 8. The quantitative estimate of drug-likeness (QED) is 0.396. The van der Waals surface area contributed by atoms with Crippen molar-refractivity contribution in [2.75, 3.05) is 28.6 Å². The van der Waals surface area contributed by atoms with Crippen LogP contribution in [0.15, 0.2) is 46.5 Å². The minimum absolute atomic E-state index is 0.0101. The average molecular weight is 482 g/mol. The molecule has 1 aromatic carbocycles. The smallest absolute Gasteiger partial charge is 0.224 e. The van der Waals surface area contributed by atoms with Gasteiger partial charge < -0.3 is 20.3 Å². The molecule has 0 saturated carbocycles. The molecule has 0 bridgehead atoms. The summed E-state index contributed by atoms with van der Waals surface area (Å²) in [7, 11) is 0. The van der Waals surface area contributed by atoms with E-state index in [1.165, 1.54) is 11.8 Å². The molecule has 9 nitrogen and oxygen atoms in total. The van der Waals surface area contributed by atoms with Gasteiger partial charge in [-0.3, -0.25) is 9.89 Å². The van der Waals surface area contributed by atoms with E-state index in [0.29, 0.717) is 23.2 Å². The monoisotopic (exact) mass is 481 g/mol. The van der Waals surface area contributed by atoms with Crippen molar-refractivity contribution < 1.29 is 9.53 Å². The van der Waals surface area contributed by atoms with E-state index in [-0.39, 0.29) is 17.6 Å². The summed E-state index contributed by atoms with van der Waals surface area (Å²) < 4.78 is 6.08. The standard InChI is InChI=1S/C24H31N7O2S/c1-6-22(32)25-16-7-9-18(10-8-16)34-23-27-19(26-20-11-15(2)29-30-20)12-21(28-23)31-13-17(14-31)33-24(3,4)5/h7-12,17H,6,13-14H2,1-5H3,(H,25,32)(H2,26,27,28,29,30).